The average molecular weight is 369 g/mol. The van der Waals surface area contributed by atoms with E-state index in [4.69, 9.17) is 11.6 Å². The van der Waals surface area contributed by atoms with Gasteiger partial charge in [0.25, 0.3) is 5.56 Å². The molecular formula is C19H17ClN4O2. The van der Waals surface area contributed by atoms with Gasteiger partial charge in [0.2, 0.25) is 0 Å². The van der Waals surface area contributed by atoms with Gasteiger partial charge in [-0.2, -0.15) is 0 Å². The summed E-state index contributed by atoms with van der Waals surface area (Å²) in [6.07, 6.45) is 2.32. The number of rotatable bonds is 3. The number of aromatic amines is 1. The molecule has 1 aliphatic heterocycles. The van der Waals surface area contributed by atoms with Crippen LogP contribution in [0.3, 0.4) is 0 Å². The van der Waals surface area contributed by atoms with Crippen molar-refractivity contribution < 1.29 is 5.11 Å². The van der Waals surface area contributed by atoms with Crippen LogP contribution in [0.4, 0.5) is 0 Å². The van der Waals surface area contributed by atoms with Crippen molar-refractivity contribution in [2.75, 3.05) is 6.54 Å². The third kappa shape index (κ3) is 3.34. The van der Waals surface area contributed by atoms with E-state index in [1.165, 1.54) is 0 Å². The predicted molar refractivity (Wildman–Crippen MR) is 99.0 cm³/mol. The van der Waals surface area contributed by atoms with Crippen LogP contribution in [-0.2, 0) is 19.5 Å². The summed E-state index contributed by atoms with van der Waals surface area (Å²) in [4.78, 5) is 26.4. The lowest BCUT2D eigenvalue weighted by atomic mass is 10.1. The molecule has 0 atom stereocenters. The Labute approximate surface area is 155 Å². The quantitative estimate of drug-likeness (QED) is 0.742. The van der Waals surface area contributed by atoms with E-state index in [9.17, 15) is 9.90 Å². The smallest absolute Gasteiger partial charge is 0.254 e. The molecule has 6 nitrogen and oxygen atoms in total. The first kappa shape index (κ1) is 16.8. The number of nitrogens with zero attached hydrogens (tertiary/aromatic N) is 3. The largest absolute Gasteiger partial charge is 0.506 e. The summed E-state index contributed by atoms with van der Waals surface area (Å²) in [5.41, 5.74) is 3.08. The van der Waals surface area contributed by atoms with Crippen molar-refractivity contribution in [3.63, 3.8) is 0 Å². The monoisotopic (exact) mass is 368 g/mol. The van der Waals surface area contributed by atoms with Crippen molar-refractivity contribution in [2.24, 2.45) is 0 Å². The van der Waals surface area contributed by atoms with Crippen molar-refractivity contribution in [2.45, 2.75) is 19.5 Å². The van der Waals surface area contributed by atoms with Crippen molar-refractivity contribution in [1.82, 2.24) is 19.9 Å². The Morgan fingerprint density at radius 2 is 2.15 bits per heavy atom. The maximum Gasteiger partial charge on any atom is 0.254 e. The molecular weight excluding hydrogens is 352 g/mol. The molecule has 0 amide bonds. The van der Waals surface area contributed by atoms with Crippen molar-refractivity contribution in [1.29, 1.82) is 0 Å². The van der Waals surface area contributed by atoms with Crippen LogP contribution in [0.2, 0.25) is 5.02 Å². The standard InChI is InChI=1S/C19H17ClN4O2/c20-14-9-12(4-5-17(14)25)10-24-8-6-13-16(11-24)22-18(23-19(13)26)15-3-1-2-7-21-15/h1-5,7,9,25H,6,8,10-11H2,(H,22,23,26). The molecule has 0 aliphatic carbocycles. The molecule has 3 heterocycles. The third-order valence-corrected chi connectivity index (χ3v) is 4.78. The second kappa shape index (κ2) is 6.90. The first-order valence-corrected chi connectivity index (χ1v) is 8.71. The number of H-pyrrole nitrogens is 1. The Hall–Kier alpha value is -2.70. The van der Waals surface area contributed by atoms with Gasteiger partial charge in [0.1, 0.15) is 11.4 Å². The Kier molecular flexibility index (Phi) is 4.44. The van der Waals surface area contributed by atoms with E-state index >= 15 is 0 Å². The molecule has 0 fully saturated rings. The maximum absolute atomic E-state index is 12.4. The number of hydrogen-bond acceptors (Lipinski definition) is 5. The highest BCUT2D eigenvalue weighted by Gasteiger charge is 2.22. The zero-order chi connectivity index (χ0) is 18.1. The molecule has 2 N–H and O–H groups in total. The van der Waals surface area contributed by atoms with Gasteiger partial charge in [-0.25, -0.2) is 4.98 Å². The van der Waals surface area contributed by atoms with E-state index in [1.54, 1.807) is 18.3 Å². The molecule has 0 spiro atoms. The molecule has 2 aromatic heterocycles. The number of phenols is 1. The number of aromatic nitrogens is 3. The summed E-state index contributed by atoms with van der Waals surface area (Å²) in [5.74, 6) is 0.566. The van der Waals surface area contributed by atoms with Crippen molar-refractivity contribution in [3.8, 4) is 17.3 Å². The molecule has 4 rings (SSSR count). The summed E-state index contributed by atoms with van der Waals surface area (Å²) in [6, 6.07) is 10.7. The number of halogens is 1. The van der Waals surface area contributed by atoms with Gasteiger partial charge in [-0.05, 0) is 36.2 Å². The summed E-state index contributed by atoms with van der Waals surface area (Å²) in [6.45, 7) is 2.02. The van der Waals surface area contributed by atoms with E-state index in [2.05, 4.69) is 19.9 Å². The minimum Gasteiger partial charge on any atom is -0.506 e. The van der Waals surface area contributed by atoms with Gasteiger partial charge in [-0.1, -0.05) is 23.7 Å². The van der Waals surface area contributed by atoms with Gasteiger partial charge in [-0.15, -0.1) is 0 Å². The van der Waals surface area contributed by atoms with Gasteiger partial charge in [0, 0.05) is 31.4 Å². The summed E-state index contributed by atoms with van der Waals surface area (Å²) in [7, 11) is 0. The highest BCUT2D eigenvalue weighted by molar-refractivity contribution is 6.32. The number of phenolic OH excluding ortho intramolecular Hbond substituents is 1. The first-order valence-electron chi connectivity index (χ1n) is 8.33. The van der Waals surface area contributed by atoms with Crippen molar-refractivity contribution in [3.05, 3.63) is 74.8 Å². The number of aromatic hydroxyl groups is 1. The highest BCUT2D eigenvalue weighted by Crippen LogP contribution is 2.25. The van der Waals surface area contributed by atoms with Crippen LogP contribution in [0.5, 0.6) is 5.75 Å². The normalized spacial score (nSPS) is 14.2. The Morgan fingerprint density at radius 1 is 1.27 bits per heavy atom. The number of nitrogens with one attached hydrogen (secondary N) is 1. The number of fused-ring (bicyclic) bond motifs is 1. The summed E-state index contributed by atoms with van der Waals surface area (Å²) >= 11 is 5.99. The fraction of sp³-hybridized carbons (Fsp3) is 0.211. The third-order valence-electron chi connectivity index (χ3n) is 4.48. The molecule has 0 saturated carbocycles. The summed E-state index contributed by atoms with van der Waals surface area (Å²) in [5, 5.41) is 9.89. The van der Waals surface area contributed by atoms with Gasteiger partial charge in [0.05, 0.1) is 10.7 Å². The molecule has 3 aromatic rings. The molecule has 7 heteroatoms. The lowest BCUT2D eigenvalue weighted by Gasteiger charge is -2.27. The Morgan fingerprint density at radius 3 is 2.92 bits per heavy atom. The van der Waals surface area contributed by atoms with Crippen LogP contribution in [-0.4, -0.2) is 31.5 Å². The van der Waals surface area contributed by atoms with Crippen LogP contribution in [0.25, 0.3) is 11.5 Å². The molecule has 0 bridgehead atoms. The Balaban J connectivity index is 1.60. The maximum atomic E-state index is 12.4. The van der Waals surface area contributed by atoms with Crippen LogP contribution in [0.1, 0.15) is 16.8 Å². The first-order chi connectivity index (χ1) is 12.6. The fourth-order valence-electron chi connectivity index (χ4n) is 3.16. The lowest BCUT2D eigenvalue weighted by Crippen LogP contribution is -2.35. The van der Waals surface area contributed by atoms with E-state index in [0.717, 1.165) is 23.4 Å². The van der Waals surface area contributed by atoms with E-state index in [0.29, 0.717) is 36.1 Å². The highest BCUT2D eigenvalue weighted by atomic mass is 35.5. The summed E-state index contributed by atoms with van der Waals surface area (Å²) < 4.78 is 0. The lowest BCUT2D eigenvalue weighted by molar-refractivity contribution is 0.240. The molecule has 0 saturated heterocycles. The van der Waals surface area contributed by atoms with Crippen LogP contribution in [0, 0.1) is 0 Å². The molecule has 132 valence electrons. The molecule has 0 radical (unpaired) electrons. The van der Waals surface area contributed by atoms with Gasteiger partial charge >= 0.3 is 0 Å². The molecule has 1 aromatic carbocycles. The van der Waals surface area contributed by atoms with E-state index < -0.39 is 0 Å². The number of hydrogen-bond donors (Lipinski definition) is 2. The molecule has 0 unspecified atom stereocenters. The van der Waals surface area contributed by atoms with Gasteiger partial charge in [0.15, 0.2) is 5.82 Å². The Bertz CT molecular complexity index is 1000. The van der Waals surface area contributed by atoms with Crippen LogP contribution >= 0.6 is 11.6 Å². The predicted octanol–water partition coefficient (Wildman–Crippen LogP) is 2.75. The molecule has 26 heavy (non-hydrogen) atoms. The van der Waals surface area contributed by atoms with Gasteiger partial charge < -0.3 is 10.1 Å². The number of benzene rings is 1. The van der Waals surface area contributed by atoms with Crippen LogP contribution < -0.4 is 5.56 Å². The molecule has 1 aliphatic rings. The average Bonchev–Trinajstić information content (AvgIpc) is 2.65. The number of pyridine rings is 1. The van der Waals surface area contributed by atoms with Crippen LogP contribution in [0.15, 0.2) is 47.4 Å². The second-order valence-electron chi connectivity index (χ2n) is 6.30. The zero-order valence-electron chi connectivity index (χ0n) is 13.9. The zero-order valence-corrected chi connectivity index (χ0v) is 14.7. The fourth-order valence-corrected chi connectivity index (χ4v) is 3.36. The minimum absolute atomic E-state index is 0.0765. The minimum atomic E-state index is -0.0945. The second-order valence-corrected chi connectivity index (χ2v) is 6.71. The SMILES string of the molecule is O=c1[nH]c(-c2ccccn2)nc2c1CCN(Cc1ccc(O)c(Cl)c1)C2. The topological polar surface area (TPSA) is 82.1 Å². The van der Waals surface area contributed by atoms with Crippen molar-refractivity contribution >= 4 is 11.6 Å². The van der Waals surface area contributed by atoms with E-state index in [1.807, 2.05) is 24.3 Å². The van der Waals surface area contributed by atoms with E-state index in [-0.39, 0.29) is 11.3 Å². The van der Waals surface area contributed by atoms with Gasteiger partial charge in [-0.3, -0.25) is 14.7 Å².